The van der Waals surface area contributed by atoms with E-state index in [1.807, 2.05) is 20.8 Å². The van der Waals surface area contributed by atoms with E-state index >= 15 is 0 Å². The van der Waals surface area contributed by atoms with E-state index in [-0.39, 0.29) is 17.3 Å². The van der Waals surface area contributed by atoms with Crippen LogP contribution in [0.25, 0.3) is 0 Å². The van der Waals surface area contributed by atoms with Crippen molar-refractivity contribution in [2.24, 2.45) is 0 Å². The number of nitrogens with zero attached hydrogens (tertiary/aromatic N) is 2. The average Bonchev–Trinajstić information content (AvgIpc) is 2.39. The monoisotopic (exact) mass is 310 g/mol. The summed E-state index contributed by atoms with van der Waals surface area (Å²) in [6.07, 6.45) is 0. The van der Waals surface area contributed by atoms with Crippen LogP contribution in [0.4, 0.5) is 20.4 Å². The molecule has 1 aromatic carbocycles. The Balaban J connectivity index is 2.14. The maximum Gasteiger partial charge on any atom is 0.387 e. The Hall–Kier alpha value is -2.51. The van der Waals surface area contributed by atoms with Gasteiger partial charge in [0.15, 0.2) is 0 Å². The summed E-state index contributed by atoms with van der Waals surface area (Å²) in [5.41, 5.74) is 0.143. The summed E-state index contributed by atoms with van der Waals surface area (Å²) < 4.78 is 28.3. The summed E-state index contributed by atoms with van der Waals surface area (Å²) in [7, 11) is 0. The van der Waals surface area contributed by atoms with Crippen molar-refractivity contribution in [2.45, 2.75) is 32.8 Å². The first-order chi connectivity index (χ1) is 10.3. The Bertz CT molecular complexity index is 693. The van der Waals surface area contributed by atoms with Crippen molar-refractivity contribution in [1.82, 2.24) is 15.2 Å². The molecule has 2 aromatic rings. The van der Waals surface area contributed by atoms with E-state index in [0.29, 0.717) is 11.4 Å². The standard InChI is InChI=1S/C14H16F2N4O2/c1-14(2,3)10-11(21)18-13(20-19-10)17-8-4-6-9(7-5-8)22-12(15)16/h4-7,12H,1-3H3,(H2,17,18,20,21). The predicted octanol–water partition coefficient (Wildman–Crippen LogP) is 2.81. The molecule has 118 valence electrons. The molecule has 8 heteroatoms. The number of anilines is 2. The molecule has 0 saturated carbocycles. The number of alkyl halides is 2. The third kappa shape index (κ3) is 4.00. The highest BCUT2D eigenvalue weighted by molar-refractivity contribution is 5.54. The van der Waals surface area contributed by atoms with Gasteiger partial charge in [-0.05, 0) is 24.3 Å². The van der Waals surface area contributed by atoms with Gasteiger partial charge in [0.1, 0.15) is 11.4 Å². The van der Waals surface area contributed by atoms with E-state index in [0.717, 1.165) is 0 Å². The van der Waals surface area contributed by atoms with Crippen LogP contribution in [-0.2, 0) is 5.41 Å². The molecule has 0 spiro atoms. The molecule has 0 bridgehead atoms. The minimum Gasteiger partial charge on any atom is -0.435 e. The third-order valence-corrected chi connectivity index (χ3v) is 2.75. The molecule has 0 radical (unpaired) electrons. The van der Waals surface area contributed by atoms with E-state index in [4.69, 9.17) is 0 Å². The average molecular weight is 310 g/mol. The number of hydrogen-bond donors (Lipinski definition) is 2. The second-order valence-corrected chi connectivity index (χ2v) is 5.63. The first-order valence-corrected chi connectivity index (χ1v) is 6.55. The first kappa shape index (κ1) is 15.9. The Morgan fingerprint density at radius 1 is 1.18 bits per heavy atom. The molecule has 0 aliphatic rings. The highest BCUT2D eigenvalue weighted by Gasteiger charge is 2.20. The molecule has 0 saturated heterocycles. The zero-order valence-corrected chi connectivity index (χ0v) is 12.4. The van der Waals surface area contributed by atoms with Gasteiger partial charge in [-0.1, -0.05) is 20.8 Å². The summed E-state index contributed by atoms with van der Waals surface area (Å²) in [4.78, 5) is 14.5. The van der Waals surface area contributed by atoms with Gasteiger partial charge >= 0.3 is 6.61 Å². The normalized spacial score (nSPS) is 11.5. The Labute approximate surface area is 125 Å². The number of hydrogen-bond acceptors (Lipinski definition) is 5. The summed E-state index contributed by atoms with van der Waals surface area (Å²) in [6.45, 7) is 2.72. The molecule has 2 rings (SSSR count). The Kier molecular flexibility index (Phi) is 4.39. The van der Waals surface area contributed by atoms with Crippen molar-refractivity contribution >= 4 is 11.6 Å². The number of benzene rings is 1. The molecule has 0 amide bonds. The van der Waals surface area contributed by atoms with Crippen LogP contribution in [0.3, 0.4) is 0 Å². The minimum absolute atomic E-state index is 0.0446. The van der Waals surface area contributed by atoms with Gasteiger partial charge in [0.05, 0.1) is 0 Å². The fourth-order valence-electron chi connectivity index (χ4n) is 1.74. The quantitative estimate of drug-likeness (QED) is 0.907. The predicted molar refractivity (Wildman–Crippen MR) is 77.7 cm³/mol. The summed E-state index contributed by atoms with van der Waals surface area (Å²) in [5, 5.41) is 10.7. The number of ether oxygens (including phenoxy) is 1. The molecule has 0 aliphatic heterocycles. The first-order valence-electron chi connectivity index (χ1n) is 6.55. The number of nitrogens with one attached hydrogen (secondary N) is 2. The molecule has 2 N–H and O–H groups in total. The van der Waals surface area contributed by atoms with Gasteiger partial charge in [-0.3, -0.25) is 9.78 Å². The number of rotatable bonds is 4. The van der Waals surface area contributed by atoms with Crippen LogP contribution >= 0.6 is 0 Å². The third-order valence-electron chi connectivity index (χ3n) is 2.75. The highest BCUT2D eigenvalue weighted by atomic mass is 19.3. The fourth-order valence-corrected chi connectivity index (χ4v) is 1.74. The van der Waals surface area contributed by atoms with Crippen molar-refractivity contribution in [2.75, 3.05) is 5.32 Å². The summed E-state index contributed by atoms with van der Waals surface area (Å²) >= 11 is 0. The number of aromatic amines is 1. The van der Waals surface area contributed by atoms with Gasteiger partial charge in [-0.2, -0.15) is 8.78 Å². The second kappa shape index (κ2) is 6.08. The van der Waals surface area contributed by atoms with E-state index in [1.165, 1.54) is 24.3 Å². The van der Waals surface area contributed by atoms with Gasteiger partial charge in [0.2, 0.25) is 5.95 Å². The lowest BCUT2D eigenvalue weighted by atomic mass is 9.93. The largest absolute Gasteiger partial charge is 0.435 e. The summed E-state index contributed by atoms with van der Waals surface area (Å²) in [6, 6.07) is 5.80. The number of H-pyrrole nitrogens is 1. The molecule has 0 aliphatic carbocycles. The van der Waals surface area contributed by atoms with Crippen molar-refractivity contribution in [1.29, 1.82) is 0 Å². The lowest BCUT2D eigenvalue weighted by molar-refractivity contribution is -0.0498. The fraction of sp³-hybridized carbons (Fsp3) is 0.357. The van der Waals surface area contributed by atoms with Crippen LogP contribution in [-0.4, -0.2) is 21.8 Å². The Morgan fingerprint density at radius 3 is 2.32 bits per heavy atom. The van der Waals surface area contributed by atoms with Gasteiger partial charge < -0.3 is 10.1 Å². The SMILES string of the molecule is CC(C)(C)c1nnc(Nc2ccc(OC(F)F)cc2)[nH]c1=O. The van der Waals surface area contributed by atoms with E-state index in [9.17, 15) is 13.6 Å². The maximum atomic E-state index is 12.1. The molecular weight excluding hydrogens is 294 g/mol. The van der Waals surface area contributed by atoms with Gasteiger partial charge in [-0.15, -0.1) is 10.2 Å². The van der Waals surface area contributed by atoms with Gasteiger partial charge in [0.25, 0.3) is 5.56 Å². The molecule has 6 nitrogen and oxygen atoms in total. The van der Waals surface area contributed by atoms with Crippen molar-refractivity contribution in [3.8, 4) is 5.75 Å². The van der Waals surface area contributed by atoms with Crippen molar-refractivity contribution in [3.05, 3.63) is 40.3 Å². The molecule has 22 heavy (non-hydrogen) atoms. The maximum absolute atomic E-state index is 12.1. The molecule has 0 fully saturated rings. The molecule has 1 aromatic heterocycles. The zero-order chi connectivity index (χ0) is 16.3. The zero-order valence-electron chi connectivity index (χ0n) is 12.4. The smallest absolute Gasteiger partial charge is 0.387 e. The van der Waals surface area contributed by atoms with Crippen molar-refractivity contribution in [3.63, 3.8) is 0 Å². The van der Waals surface area contributed by atoms with Crippen LogP contribution < -0.4 is 15.6 Å². The van der Waals surface area contributed by atoms with Crippen LogP contribution in [0.15, 0.2) is 29.1 Å². The summed E-state index contributed by atoms with van der Waals surface area (Å²) in [5.74, 6) is 0.212. The van der Waals surface area contributed by atoms with Crippen molar-refractivity contribution < 1.29 is 13.5 Å². The van der Waals surface area contributed by atoms with Gasteiger partial charge in [0, 0.05) is 11.1 Å². The molecular formula is C14H16F2N4O2. The number of halogens is 2. The van der Waals surface area contributed by atoms with Crippen LogP contribution in [0.1, 0.15) is 26.5 Å². The van der Waals surface area contributed by atoms with E-state index in [2.05, 4.69) is 25.2 Å². The van der Waals surface area contributed by atoms with Gasteiger partial charge in [-0.25, -0.2) is 0 Å². The molecule has 1 heterocycles. The van der Waals surface area contributed by atoms with E-state index in [1.54, 1.807) is 0 Å². The second-order valence-electron chi connectivity index (χ2n) is 5.63. The lowest BCUT2D eigenvalue weighted by Crippen LogP contribution is -2.28. The highest BCUT2D eigenvalue weighted by Crippen LogP contribution is 2.20. The topological polar surface area (TPSA) is 79.9 Å². The Morgan fingerprint density at radius 2 is 1.82 bits per heavy atom. The van der Waals surface area contributed by atoms with E-state index < -0.39 is 12.0 Å². The minimum atomic E-state index is -2.87. The lowest BCUT2D eigenvalue weighted by Gasteiger charge is -2.15. The number of aromatic nitrogens is 3. The van der Waals surface area contributed by atoms with Crippen LogP contribution in [0.2, 0.25) is 0 Å². The molecule has 0 unspecified atom stereocenters. The molecule has 0 atom stereocenters. The van der Waals surface area contributed by atoms with Crippen LogP contribution in [0, 0.1) is 0 Å². The van der Waals surface area contributed by atoms with Crippen LogP contribution in [0.5, 0.6) is 5.75 Å².